The first kappa shape index (κ1) is 8.76. The molecule has 0 aromatic heterocycles. The van der Waals surface area contributed by atoms with E-state index in [0.717, 1.165) is 0 Å². The number of rotatable bonds is 3. The van der Waals surface area contributed by atoms with Gasteiger partial charge in [0, 0.05) is 5.82 Å². The Morgan fingerprint density at radius 2 is 2.64 bits per heavy atom. The van der Waals surface area contributed by atoms with E-state index in [4.69, 9.17) is 9.63 Å². The first-order valence-electron chi connectivity index (χ1n) is 3.46. The summed E-state index contributed by atoms with van der Waals surface area (Å²) in [4.78, 5) is 0. The molecule has 4 heteroatoms. The van der Waals surface area contributed by atoms with E-state index >= 15 is 0 Å². The molecule has 0 bridgehead atoms. The van der Waals surface area contributed by atoms with Gasteiger partial charge in [-0.1, -0.05) is 0 Å². The van der Waals surface area contributed by atoms with E-state index in [9.17, 15) is 4.57 Å². The van der Waals surface area contributed by atoms with Crippen LogP contribution in [0.2, 0.25) is 0 Å². The molecular formula is C7H11O3P. The fraction of sp³-hybridized carbons (Fsp3) is 0.571. The maximum absolute atomic E-state index is 11.5. The van der Waals surface area contributed by atoms with Crippen molar-refractivity contribution in [2.24, 2.45) is 0 Å². The van der Waals surface area contributed by atoms with Gasteiger partial charge in [-0.25, -0.2) is 0 Å². The molecule has 1 N–H and O–H groups in total. The van der Waals surface area contributed by atoms with Crippen molar-refractivity contribution in [2.75, 3.05) is 12.8 Å². The van der Waals surface area contributed by atoms with Gasteiger partial charge in [-0.3, -0.25) is 4.57 Å². The summed E-state index contributed by atoms with van der Waals surface area (Å²) in [5.41, 5.74) is 2.72. The standard InChI is InChI=1S/C7H11O3P/c1-7(6-8)10-11(9)4-2-3-5-11/h2,5,7-8H,4,6H2,1H3. The van der Waals surface area contributed by atoms with Gasteiger partial charge in [-0.15, -0.1) is 5.73 Å². The van der Waals surface area contributed by atoms with Crippen LogP contribution in [0, 0.1) is 0 Å². The SMILES string of the molecule is CC(CO)OP1(=O)C=C=CC1. The van der Waals surface area contributed by atoms with Crippen LogP contribution in [0.5, 0.6) is 0 Å². The van der Waals surface area contributed by atoms with E-state index in [1.165, 1.54) is 5.82 Å². The molecule has 0 radical (unpaired) electrons. The zero-order valence-electron chi connectivity index (χ0n) is 6.36. The molecule has 2 atom stereocenters. The molecular weight excluding hydrogens is 163 g/mol. The molecule has 0 saturated carbocycles. The molecule has 1 aliphatic rings. The van der Waals surface area contributed by atoms with Gasteiger partial charge >= 0.3 is 0 Å². The zero-order chi connectivity index (χ0) is 8.32. The highest BCUT2D eigenvalue weighted by molar-refractivity contribution is 7.62. The molecule has 0 aromatic rings. The number of aliphatic hydroxyl groups excluding tert-OH is 1. The fourth-order valence-corrected chi connectivity index (χ4v) is 2.43. The Morgan fingerprint density at radius 3 is 3.09 bits per heavy atom. The average Bonchev–Trinajstić information content (AvgIpc) is 2.36. The summed E-state index contributed by atoms with van der Waals surface area (Å²) < 4.78 is 16.6. The maximum Gasteiger partial charge on any atom is 0.237 e. The summed E-state index contributed by atoms with van der Waals surface area (Å²) in [6.07, 6.45) is 1.74. The molecule has 0 amide bonds. The summed E-state index contributed by atoms with van der Waals surface area (Å²) in [6, 6.07) is 0. The van der Waals surface area contributed by atoms with Crippen molar-refractivity contribution in [3.63, 3.8) is 0 Å². The maximum atomic E-state index is 11.5. The summed E-state index contributed by atoms with van der Waals surface area (Å²) in [5.74, 6) is 1.46. The monoisotopic (exact) mass is 174 g/mol. The Kier molecular flexibility index (Phi) is 2.69. The topological polar surface area (TPSA) is 46.5 Å². The van der Waals surface area contributed by atoms with E-state index < -0.39 is 7.37 Å². The summed E-state index contributed by atoms with van der Waals surface area (Å²) in [6.45, 7) is 1.59. The molecule has 62 valence electrons. The van der Waals surface area contributed by atoms with Crippen molar-refractivity contribution in [3.05, 3.63) is 17.6 Å². The van der Waals surface area contributed by atoms with Crippen LogP contribution >= 0.6 is 7.37 Å². The average molecular weight is 174 g/mol. The lowest BCUT2D eigenvalue weighted by Gasteiger charge is -2.14. The molecule has 0 spiro atoms. The highest BCUT2D eigenvalue weighted by atomic mass is 31.2. The van der Waals surface area contributed by atoms with Gasteiger partial charge in [0.05, 0.1) is 18.9 Å². The molecule has 0 aliphatic carbocycles. The van der Waals surface area contributed by atoms with Crippen molar-refractivity contribution in [3.8, 4) is 0 Å². The third-order valence-corrected chi connectivity index (χ3v) is 3.30. The van der Waals surface area contributed by atoms with Crippen LogP contribution in [0.3, 0.4) is 0 Å². The number of hydrogen-bond donors (Lipinski definition) is 1. The van der Waals surface area contributed by atoms with Gasteiger partial charge in [0.25, 0.3) is 0 Å². The zero-order valence-corrected chi connectivity index (χ0v) is 7.25. The smallest absolute Gasteiger partial charge is 0.237 e. The number of hydrogen-bond acceptors (Lipinski definition) is 3. The molecule has 3 nitrogen and oxygen atoms in total. The van der Waals surface area contributed by atoms with Crippen LogP contribution in [-0.4, -0.2) is 24.0 Å². The summed E-state index contributed by atoms with van der Waals surface area (Å²) in [5, 5.41) is 8.62. The van der Waals surface area contributed by atoms with Crippen molar-refractivity contribution < 1.29 is 14.2 Å². The van der Waals surface area contributed by atoms with Gasteiger partial charge in [0.15, 0.2) is 0 Å². The Labute approximate surface area is 65.8 Å². The minimum atomic E-state index is -2.59. The number of allylic oxidation sites excluding steroid dienone is 1. The molecule has 1 rings (SSSR count). The van der Waals surface area contributed by atoms with Crippen LogP contribution in [0.25, 0.3) is 0 Å². The largest absolute Gasteiger partial charge is 0.394 e. The third kappa shape index (κ3) is 2.32. The van der Waals surface area contributed by atoms with Crippen LogP contribution in [0.15, 0.2) is 17.6 Å². The van der Waals surface area contributed by atoms with Crippen molar-refractivity contribution in [1.82, 2.24) is 0 Å². The Morgan fingerprint density at radius 1 is 1.91 bits per heavy atom. The quantitative estimate of drug-likeness (QED) is 0.518. The molecule has 0 saturated heterocycles. The number of aliphatic hydroxyl groups is 1. The molecule has 11 heavy (non-hydrogen) atoms. The second kappa shape index (κ2) is 3.38. The van der Waals surface area contributed by atoms with E-state index in [2.05, 4.69) is 5.73 Å². The second-order valence-corrected chi connectivity index (χ2v) is 4.79. The van der Waals surface area contributed by atoms with Crippen molar-refractivity contribution in [1.29, 1.82) is 0 Å². The lowest BCUT2D eigenvalue weighted by atomic mass is 10.5. The minimum absolute atomic E-state index is 0.0994. The van der Waals surface area contributed by atoms with E-state index in [0.29, 0.717) is 6.16 Å². The van der Waals surface area contributed by atoms with Gasteiger partial charge in [-0.2, -0.15) is 0 Å². The molecule has 1 aliphatic heterocycles. The lowest BCUT2D eigenvalue weighted by Crippen LogP contribution is -2.10. The van der Waals surface area contributed by atoms with E-state index in [-0.39, 0.29) is 12.7 Å². The third-order valence-electron chi connectivity index (χ3n) is 1.35. The van der Waals surface area contributed by atoms with E-state index in [1.54, 1.807) is 13.0 Å². The van der Waals surface area contributed by atoms with Gasteiger partial charge in [-0.05, 0) is 13.0 Å². The first-order valence-corrected chi connectivity index (χ1v) is 5.34. The Bertz CT molecular complexity index is 240. The predicted octanol–water partition coefficient (Wildman–Crippen LogP) is 1.34. The molecule has 1 heterocycles. The normalized spacial score (nSPS) is 31.1. The van der Waals surface area contributed by atoms with Crippen molar-refractivity contribution in [2.45, 2.75) is 13.0 Å². The molecule has 2 unspecified atom stereocenters. The molecule has 0 fully saturated rings. The Balaban J connectivity index is 2.50. The molecule has 0 aromatic carbocycles. The predicted molar refractivity (Wildman–Crippen MR) is 42.8 cm³/mol. The van der Waals surface area contributed by atoms with Gasteiger partial charge < -0.3 is 9.63 Å². The Hall–Kier alpha value is -0.330. The highest BCUT2D eigenvalue weighted by Crippen LogP contribution is 2.51. The minimum Gasteiger partial charge on any atom is -0.394 e. The summed E-state index contributed by atoms with van der Waals surface area (Å²) in [7, 11) is -2.59. The fourth-order valence-electron chi connectivity index (χ4n) is 0.810. The van der Waals surface area contributed by atoms with Crippen LogP contribution in [0.4, 0.5) is 0 Å². The van der Waals surface area contributed by atoms with Crippen molar-refractivity contribution >= 4 is 7.37 Å². The summed E-state index contributed by atoms with van der Waals surface area (Å²) >= 11 is 0. The first-order chi connectivity index (χ1) is 5.16. The van der Waals surface area contributed by atoms with Crippen LogP contribution in [-0.2, 0) is 9.09 Å². The van der Waals surface area contributed by atoms with E-state index in [1.807, 2.05) is 0 Å². The van der Waals surface area contributed by atoms with Gasteiger partial charge in [0.2, 0.25) is 7.37 Å². The van der Waals surface area contributed by atoms with Crippen LogP contribution in [0.1, 0.15) is 6.92 Å². The second-order valence-electron chi connectivity index (χ2n) is 2.51. The lowest BCUT2D eigenvalue weighted by molar-refractivity contribution is 0.134. The van der Waals surface area contributed by atoms with Crippen LogP contribution < -0.4 is 0 Å². The highest BCUT2D eigenvalue weighted by Gasteiger charge is 2.23. The van der Waals surface area contributed by atoms with Gasteiger partial charge in [0.1, 0.15) is 0 Å².